The maximum absolute atomic E-state index is 2.26. The van der Waals surface area contributed by atoms with E-state index in [4.69, 9.17) is 0 Å². The smallest absolute Gasteiger partial charge is 0.0109 e. The third kappa shape index (κ3) is 1.87. The van der Waals surface area contributed by atoms with Gasteiger partial charge >= 0.3 is 0 Å². The van der Waals surface area contributed by atoms with E-state index < -0.39 is 0 Å². The highest BCUT2D eigenvalue weighted by Gasteiger charge is 2.05. The molecule has 1 heteroatoms. The summed E-state index contributed by atoms with van der Waals surface area (Å²) in [7, 11) is 4.25. The first-order valence-corrected chi connectivity index (χ1v) is 4.13. The van der Waals surface area contributed by atoms with Crippen LogP contribution in [0.3, 0.4) is 0 Å². The summed E-state index contributed by atoms with van der Waals surface area (Å²) in [6.45, 7) is 2.22. The standard InChI is InChI=1S/C10H16N/c1-4-10(11(2)3)9-7-5-6-8-9/h5-8,10H,4H2,1-3H3/q-1/t10-/m1/s1. The van der Waals surface area contributed by atoms with Gasteiger partial charge in [-0.25, -0.2) is 12.1 Å². The lowest BCUT2D eigenvalue weighted by Crippen LogP contribution is -2.18. The highest BCUT2D eigenvalue weighted by Crippen LogP contribution is 2.21. The van der Waals surface area contributed by atoms with Crippen molar-refractivity contribution in [2.75, 3.05) is 14.1 Å². The summed E-state index contributed by atoms with van der Waals surface area (Å²) >= 11 is 0. The minimum atomic E-state index is 0.588. The summed E-state index contributed by atoms with van der Waals surface area (Å²) < 4.78 is 0. The van der Waals surface area contributed by atoms with E-state index in [-0.39, 0.29) is 0 Å². The van der Waals surface area contributed by atoms with E-state index in [1.165, 1.54) is 12.0 Å². The van der Waals surface area contributed by atoms with Crippen molar-refractivity contribution in [1.82, 2.24) is 4.90 Å². The van der Waals surface area contributed by atoms with Gasteiger partial charge in [-0.1, -0.05) is 6.92 Å². The predicted molar refractivity (Wildman–Crippen MR) is 48.8 cm³/mol. The van der Waals surface area contributed by atoms with Crippen molar-refractivity contribution in [3.63, 3.8) is 0 Å². The van der Waals surface area contributed by atoms with Crippen LogP contribution >= 0.6 is 0 Å². The van der Waals surface area contributed by atoms with Crippen molar-refractivity contribution in [2.24, 2.45) is 0 Å². The molecule has 0 heterocycles. The summed E-state index contributed by atoms with van der Waals surface area (Å²) in [5.41, 5.74) is 1.43. The first kappa shape index (κ1) is 8.41. The third-order valence-corrected chi connectivity index (χ3v) is 2.08. The molecule has 11 heavy (non-hydrogen) atoms. The van der Waals surface area contributed by atoms with Crippen LogP contribution in [0.4, 0.5) is 0 Å². The molecule has 0 aliphatic heterocycles. The van der Waals surface area contributed by atoms with Gasteiger partial charge in [0.25, 0.3) is 0 Å². The molecule has 0 aromatic heterocycles. The molecule has 0 radical (unpaired) electrons. The summed E-state index contributed by atoms with van der Waals surface area (Å²) in [6, 6.07) is 9.16. The van der Waals surface area contributed by atoms with Gasteiger partial charge in [0.05, 0.1) is 0 Å². The maximum atomic E-state index is 2.26. The Balaban J connectivity index is 2.71. The molecule has 0 aliphatic carbocycles. The van der Waals surface area contributed by atoms with Gasteiger partial charge in [-0.05, 0) is 20.5 Å². The minimum absolute atomic E-state index is 0.588. The van der Waals surface area contributed by atoms with Crippen LogP contribution in [0.15, 0.2) is 24.3 Å². The normalized spacial score (nSPS) is 13.8. The zero-order chi connectivity index (χ0) is 8.27. The molecule has 0 bridgehead atoms. The van der Waals surface area contributed by atoms with Gasteiger partial charge in [0.15, 0.2) is 0 Å². The van der Waals surface area contributed by atoms with E-state index in [0.717, 1.165) is 0 Å². The second kappa shape index (κ2) is 3.63. The van der Waals surface area contributed by atoms with Gasteiger partial charge in [-0.15, -0.1) is 0 Å². The van der Waals surface area contributed by atoms with Crippen LogP contribution in [0, 0.1) is 0 Å². The van der Waals surface area contributed by atoms with Crippen LogP contribution in [0.25, 0.3) is 0 Å². The Kier molecular flexibility index (Phi) is 2.77. The van der Waals surface area contributed by atoms with Crippen molar-refractivity contribution in [3.8, 4) is 0 Å². The lowest BCUT2D eigenvalue weighted by Gasteiger charge is -2.25. The van der Waals surface area contributed by atoms with Gasteiger partial charge in [0, 0.05) is 6.04 Å². The van der Waals surface area contributed by atoms with Crippen LogP contribution < -0.4 is 0 Å². The molecule has 0 saturated carbocycles. The molecule has 0 fully saturated rings. The average molecular weight is 150 g/mol. The Morgan fingerprint density at radius 1 is 1.55 bits per heavy atom. The lowest BCUT2D eigenvalue weighted by molar-refractivity contribution is 0.292. The van der Waals surface area contributed by atoms with Crippen molar-refractivity contribution in [1.29, 1.82) is 0 Å². The van der Waals surface area contributed by atoms with Gasteiger partial charge in [0.1, 0.15) is 0 Å². The Labute approximate surface area is 69.0 Å². The average Bonchev–Trinajstić information content (AvgIpc) is 2.40. The fourth-order valence-electron chi connectivity index (χ4n) is 1.51. The van der Waals surface area contributed by atoms with Gasteiger partial charge in [-0.3, -0.25) is 0 Å². The fourth-order valence-corrected chi connectivity index (χ4v) is 1.51. The van der Waals surface area contributed by atoms with Crippen molar-refractivity contribution in [3.05, 3.63) is 29.8 Å². The van der Waals surface area contributed by atoms with Crippen LogP contribution in [0.5, 0.6) is 0 Å². The zero-order valence-corrected chi connectivity index (χ0v) is 7.54. The van der Waals surface area contributed by atoms with E-state index in [2.05, 4.69) is 50.2 Å². The van der Waals surface area contributed by atoms with Crippen LogP contribution in [-0.4, -0.2) is 19.0 Å². The number of hydrogen-bond donors (Lipinski definition) is 0. The number of rotatable bonds is 3. The minimum Gasteiger partial charge on any atom is -0.305 e. The molecule has 0 amide bonds. The van der Waals surface area contributed by atoms with E-state index in [0.29, 0.717) is 6.04 Å². The van der Waals surface area contributed by atoms with E-state index >= 15 is 0 Å². The topological polar surface area (TPSA) is 3.24 Å². The first-order valence-electron chi connectivity index (χ1n) is 4.13. The Bertz CT molecular complexity index is 187. The van der Waals surface area contributed by atoms with Gasteiger partial charge < -0.3 is 4.90 Å². The predicted octanol–water partition coefficient (Wildman–Crippen LogP) is 2.42. The van der Waals surface area contributed by atoms with Crippen molar-refractivity contribution >= 4 is 0 Å². The first-order chi connectivity index (χ1) is 5.25. The van der Waals surface area contributed by atoms with Gasteiger partial charge in [0.2, 0.25) is 0 Å². The van der Waals surface area contributed by atoms with Crippen LogP contribution in [-0.2, 0) is 0 Å². The molecule has 1 rings (SSSR count). The SMILES string of the molecule is CC[C@H](c1ccc[cH-]1)N(C)C. The number of nitrogens with zero attached hydrogens (tertiary/aromatic N) is 1. The Hall–Kier alpha value is -0.690. The quantitative estimate of drug-likeness (QED) is 0.598. The second-order valence-electron chi connectivity index (χ2n) is 3.11. The molecular weight excluding hydrogens is 134 g/mol. The van der Waals surface area contributed by atoms with Gasteiger partial charge in [-0.2, -0.15) is 17.7 Å². The summed E-state index contributed by atoms with van der Waals surface area (Å²) in [4.78, 5) is 2.26. The Morgan fingerprint density at radius 3 is 2.64 bits per heavy atom. The van der Waals surface area contributed by atoms with Crippen molar-refractivity contribution in [2.45, 2.75) is 19.4 Å². The van der Waals surface area contributed by atoms with E-state index in [1.807, 2.05) is 0 Å². The summed E-state index contributed by atoms with van der Waals surface area (Å²) in [5, 5.41) is 0. The molecular formula is C10H16N-. The van der Waals surface area contributed by atoms with E-state index in [9.17, 15) is 0 Å². The summed E-state index contributed by atoms with van der Waals surface area (Å²) in [6.07, 6.45) is 1.18. The number of hydrogen-bond acceptors (Lipinski definition) is 1. The molecule has 1 aromatic rings. The highest BCUT2D eigenvalue weighted by atomic mass is 15.1. The monoisotopic (exact) mass is 150 g/mol. The molecule has 1 nitrogen and oxygen atoms in total. The molecule has 1 atom stereocenters. The fraction of sp³-hybridized carbons (Fsp3) is 0.500. The van der Waals surface area contributed by atoms with Crippen LogP contribution in [0.2, 0.25) is 0 Å². The molecule has 0 N–H and O–H groups in total. The maximum Gasteiger partial charge on any atom is 0.0109 e. The molecule has 0 saturated heterocycles. The molecule has 0 spiro atoms. The molecule has 62 valence electrons. The molecule has 1 aromatic carbocycles. The summed E-state index contributed by atoms with van der Waals surface area (Å²) in [5.74, 6) is 0. The molecule has 0 aliphatic rings. The third-order valence-electron chi connectivity index (χ3n) is 2.08. The molecule has 0 unspecified atom stereocenters. The Morgan fingerprint density at radius 2 is 2.27 bits per heavy atom. The lowest BCUT2D eigenvalue weighted by atomic mass is 10.1. The van der Waals surface area contributed by atoms with E-state index in [1.54, 1.807) is 0 Å². The van der Waals surface area contributed by atoms with Crippen molar-refractivity contribution < 1.29 is 0 Å². The second-order valence-corrected chi connectivity index (χ2v) is 3.11. The zero-order valence-electron chi connectivity index (χ0n) is 7.54. The largest absolute Gasteiger partial charge is 0.305 e. The highest BCUT2D eigenvalue weighted by molar-refractivity contribution is 5.20. The van der Waals surface area contributed by atoms with Crippen LogP contribution in [0.1, 0.15) is 24.9 Å².